The van der Waals surface area contributed by atoms with Crippen molar-refractivity contribution in [2.45, 2.75) is 31.7 Å². The largest absolute Gasteiger partial charge is 0.494 e. The van der Waals surface area contributed by atoms with Crippen LogP contribution in [0.3, 0.4) is 0 Å². The zero-order valence-electron chi connectivity index (χ0n) is 29.1. The Hall–Kier alpha value is -4.06. The molecular weight excluding hydrogens is 715 g/mol. The first-order valence-corrected chi connectivity index (χ1v) is 20.3. The number of anilines is 2. The van der Waals surface area contributed by atoms with Crippen LogP contribution in [0.5, 0.6) is 5.75 Å². The van der Waals surface area contributed by atoms with E-state index in [9.17, 15) is 4.57 Å². The first kappa shape index (κ1) is 35.8. The summed E-state index contributed by atoms with van der Waals surface area (Å²) < 4.78 is 19.9. The summed E-state index contributed by atoms with van der Waals surface area (Å²) in [5, 5.41) is 3.91. The number of ether oxygens (including phenoxy) is 1. The van der Waals surface area contributed by atoms with Crippen molar-refractivity contribution in [3.8, 4) is 5.75 Å². The number of hydrogen-bond donors (Lipinski definition) is 3. The molecule has 0 amide bonds. The molecule has 3 heterocycles. The molecule has 12 nitrogen and oxygen atoms in total. The van der Waals surface area contributed by atoms with Crippen molar-refractivity contribution in [2.24, 2.45) is 38.3 Å². The van der Waals surface area contributed by atoms with Gasteiger partial charge in [-0.3, -0.25) is 19.9 Å². The summed E-state index contributed by atoms with van der Waals surface area (Å²) >= 11 is 3.64. The Labute approximate surface area is 302 Å². The van der Waals surface area contributed by atoms with Gasteiger partial charge in [0.05, 0.1) is 40.1 Å². The van der Waals surface area contributed by atoms with Gasteiger partial charge < -0.3 is 31.0 Å². The number of aromatic nitrogens is 2. The van der Waals surface area contributed by atoms with Crippen LogP contribution in [0.2, 0.25) is 0 Å². The summed E-state index contributed by atoms with van der Waals surface area (Å²) in [6.45, 7) is 7.73. The zero-order chi connectivity index (χ0) is 35.4. The Morgan fingerprint density at radius 3 is 2.62 bits per heavy atom. The van der Waals surface area contributed by atoms with E-state index >= 15 is 0 Å². The van der Waals surface area contributed by atoms with Crippen molar-refractivity contribution in [2.75, 3.05) is 63.9 Å². The topological polar surface area (TPSA) is 160 Å². The highest BCUT2D eigenvalue weighted by molar-refractivity contribution is 9.12. The van der Waals surface area contributed by atoms with Crippen LogP contribution >= 0.6 is 23.1 Å². The highest BCUT2D eigenvalue weighted by atomic mass is 79.9. The Morgan fingerprint density at radius 2 is 1.92 bits per heavy atom. The summed E-state index contributed by atoms with van der Waals surface area (Å²) in [6, 6.07) is 8.25. The molecule has 14 heteroatoms. The second-order valence-electron chi connectivity index (χ2n) is 13.4. The number of aliphatic imine (C=N–C) groups is 3. The molecule has 3 fully saturated rings. The molecule has 0 bridgehead atoms. The number of amidine groups is 1. The minimum atomic E-state index is -2.83. The van der Waals surface area contributed by atoms with Crippen molar-refractivity contribution in [3.05, 3.63) is 59.1 Å². The smallest absolute Gasteiger partial charge is 0.169 e. The lowest BCUT2D eigenvalue weighted by Crippen LogP contribution is -2.49. The fourth-order valence-electron chi connectivity index (χ4n) is 7.16. The Kier molecular flexibility index (Phi) is 11.0. The van der Waals surface area contributed by atoms with E-state index in [1.54, 1.807) is 70.6 Å². The standard InChI is InChI=1S/C36H46BrN10O2P/c1-40-18-25(17-38)26-15-30(33(49-2)16-31(26)47-14-10-24-9-13-46(32(24)21-47)20-23-5-6-23)43-19-27(37)36(44-22-39)45-29-8-7-28-34(42-12-11-41-28)35(29)50(3,4)48/h7-8,11-12,15-19,22-24,32,43H,5-6,9-10,13-14,20-21,38H2,1-4H3,(H2,39,44,45). The third-order valence-electron chi connectivity index (χ3n) is 9.71. The van der Waals surface area contributed by atoms with Crippen LogP contribution in [-0.2, 0) is 4.57 Å². The van der Waals surface area contributed by atoms with Crippen molar-refractivity contribution in [3.63, 3.8) is 0 Å². The van der Waals surface area contributed by atoms with Crippen LogP contribution in [0, 0.1) is 11.8 Å². The first-order chi connectivity index (χ1) is 24.1. The van der Waals surface area contributed by atoms with Gasteiger partial charge in [0.1, 0.15) is 18.4 Å². The number of rotatable bonds is 11. The van der Waals surface area contributed by atoms with E-state index in [4.69, 9.17) is 21.2 Å². The summed E-state index contributed by atoms with van der Waals surface area (Å²) in [4.78, 5) is 27.5. The molecule has 5 N–H and O–H groups in total. The van der Waals surface area contributed by atoms with Crippen molar-refractivity contribution >= 4 is 80.4 Å². The Bertz CT molecular complexity index is 1930. The van der Waals surface area contributed by atoms with Crippen LogP contribution in [0.4, 0.5) is 17.1 Å². The van der Waals surface area contributed by atoms with Crippen LogP contribution in [-0.4, -0.2) is 93.0 Å². The molecule has 0 radical (unpaired) electrons. The highest BCUT2D eigenvalue weighted by Gasteiger charge is 2.40. The first-order valence-electron chi connectivity index (χ1n) is 16.9. The van der Waals surface area contributed by atoms with Gasteiger partial charge in [-0.2, -0.15) is 0 Å². The quantitative estimate of drug-likeness (QED) is 0.129. The lowest BCUT2D eigenvalue weighted by Gasteiger charge is -2.41. The number of methoxy groups -OCH3 is 1. The van der Waals surface area contributed by atoms with Crippen LogP contribution in [0.15, 0.2) is 68.5 Å². The molecule has 3 aliphatic rings. The predicted octanol–water partition coefficient (Wildman–Crippen LogP) is 5.56. The SMILES string of the molecule is CN=CC(=CN)c1cc(NC=C(Br)C(N=CN)=Nc2ccc3nccnc3c2P(C)(C)=O)c(OC)cc1N1CCC2CCN(CC3CC3)C2C1. The van der Waals surface area contributed by atoms with Crippen LogP contribution < -0.4 is 31.7 Å². The predicted molar refractivity (Wildman–Crippen MR) is 212 cm³/mol. The average Bonchev–Trinajstić information content (AvgIpc) is 3.85. The molecule has 1 aromatic heterocycles. The maximum Gasteiger partial charge on any atom is 0.169 e. The minimum Gasteiger partial charge on any atom is -0.494 e. The normalized spacial score (nSPS) is 21.1. The summed E-state index contributed by atoms with van der Waals surface area (Å²) in [5.74, 6) is 2.55. The number of halogens is 1. The van der Waals surface area contributed by atoms with Crippen molar-refractivity contribution < 1.29 is 9.30 Å². The molecule has 50 heavy (non-hydrogen) atoms. The number of nitrogens with one attached hydrogen (secondary N) is 1. The molecule has 1 aliphatic carbocycles. The minimum absolute atomic E-state index is 0.268. The summed E-state index contributed by atoms with van der Waals surface area (Å²) in [5.41, 5.74) is 17.2. The van der Waals surface area contributed by atoms with Gasteiger partial charge in [-0.15, -0.1) is 0 Å². The van der Waals surface area contributed by atoms with E-state index < -0.39 is 7.14 Å². The molecule has 2 aromatic carbocycles. The van der Waals surface area contributed by atoms with Gasteiger partial charge in [0, 0.05) is 86.6 Å². The number of nitrogens with two attached hydrogens (primary N) is 2. The number of piperidine rings is 1. The van der Waals surface area contributed by atoms with E-state index in [1.807, 2.05) is 6.07 Å². The molecule has 2 aliphatic heterocycles. The van der Waals surface area contributed by atoms with Gasteiger partial charge in [-0.1, -0.05) is 0 Å². The number of fused-ring (bicyclic) bond motifs is 2. The van der Waals surface area contributed by atoms with Gasteiger partial charge in [0.2, 0.25) is 0 Å². The van der Waals surface area contributed by atoms with Gasteiger partial charge in [0.15, 0.2) is 5.84 Å². The molecule has 0 spiro atoms. The monoisotopic (exact) mass is 760 g/mol. The molecule has 6 rings (SSSR count). The molecule has 3 aromatic rings. The van der Waals surface area contributed by atoms with E-state index in [1.165, 1.54) is 38.7 Å². The number of nitrogens with zero attached hydrogens (tertiary/aromatic N) is 7. The molecule has 264 valence electrons. The van der Waals surface area contributed by atoms with E-state index in [2.05, 4.69) is 57.1 Å². The number of allylic oxidation sites excluding steroid dienone is 1. The van der Waals surface area contributed by atoms with E-state index in [0.29, 0.717) is 44.0 Å². The van der Waals surface area contributed by atoms with Gasteiger partial charge in [0.25, 0.3) is 0 Å². The van der Waals surface area contributed by atoms with Gasteiger partial charge >= 0.3 is 0 Å². The Balaban J connectivity index is 1.35. The Morgan fingerprint density at radius 1 is 1.14 bits per heavy atom. The second kappa shape index (κ2) is 15.4. The highest BCUT2D eigenvalue weighted by Crippen LogP contribution is 2.43. The molecular formula is C36H46BrN10O2P. The number of likely N-dealkylation sites (tertiary alicyclic amines) is 1. The number of hydrogen-bond acceptors (Lipinski definition) is 10. The molecule has 2 atom stereocenters. The van der Waals surface area contributed by atoms with Crippen molar-refractivity contribution in [1.29, 1.82) is 0 Å². The number of benzene rings is 2. The zero-order valence-corrected chi connectivity index (χ0v) is 31.6. The van der Waals surface area contributed by atoms with Crippen molar-refractivity contribution in [1.82, 2.24) is 14.9 Å². The molecule has 2 unspecified atom stereocenters. The fraction of sp³-hybridized carbons (Fsp3) is 0.417. The third-order valence-corrected chi connectivity index (χ3v) is 11.8. The average molecular weight is 762 g/mol. The van der Waals surface area contributed by atoms with Crippen LogP contribution in [0.25, 0.3) is 16.6 Å². The fourth-order valence-corrected chi connectivity index (χ4v) is 8.82. The molecule has 1 saturated carbocycles. The van der Waals surface area contributed by atoms with Crippen LogP contribution in [0.1, 0.15) is 31.2 Å². The third kappa shape index (κ3) is 7.80. The van der Waals surface area contributed by atoms with Gasteiger partial charge in [-0.25, -0.2) is 9.98 Å². The molecule has 2 saturated heterocycles. The lowest BCUT2D eigenvalue weighted by atomic mass is 9.90. The van der Waals surface area contributed by atoms with E-state index in [-0.39, 0.29) is 5.84 Å². The summed E-state index contributed by atoms with van der Waals surface area (Å²) in [6.07, 6.45) is 14.6. The van der Waals surface area contributed by atoms with E-state index in [0.717, 1.165) is 48.2 Å². The van der Waals surface area contributed by atoms with Gasteiger partial charge in [-0.05, 0) is 91.5 Å². The maximum atomic E-state index is 13.5. The maximum absolute atomic E-state index is 13.5. The second-order valence-corrected chi connectivity index (χ2v) is 17.4. The lowest BCUT2D eigenvalue weighted by molar-refractivity contribution is 0.201. The summed E-state index contributed by atoms with van der Waals surface area (Å²) in [7, 11) is 0.584.